The van der Waals surface area contributed by atoms with Crippen LogP contribution in [0.2, 0.25) is 10.0 Å². The van der Waals surface area contributed by atoms with Crippen molar-refractivity contribution in [3.8, 4) is 11.3 Å². The highest BCUT2D eigenvalue weighted by molar-refractivity contribution is 7.17. The molecule has 2 aromatic carbocycles. The number of carbonyl (C=O) groups excluding carboxylic acids is 2. The SMILES string of the molecule is COC(=O)c1c(NC(=O)c2cc(-c3ccc(Cl)c(Cl)c3)nc3ccccc23)sc2c1CCC2. The van der Waals surface area contributed by atoms with Gasteiger partial charge in [0.05, 0.1) is 39.5 Å². The number of rotatable bonds is 4. The van der Waals surface area contributed by atoms with Crippen LogP contribution in [0.15, 0.2) is 48.5 Å². The van der Waals surface area contributed by atoms with Gasteiger partial charge in [0.2, 0.25) is 0 Å². The summed E-state index contributed by atoms with van der Waals surface area (Å²) in [6.45, 7) is 0. The highest BCUT2D eigenvalue weighted by Gasteiger charge is 2.28. The Hall–Kier alpha value is -2.93. The normalized spacial score (nSPS) is 12.6. The zero-order chi connectivity index (χ0) is 23.1. The number of carbonyl (C=O) groups is 2. The molecule has 0 saturated heterocycles. The van der Waals surface area contributed by atoms with E-state index in [1.54, 1.807) is 18.2 Å². The number of ether oxygens (including phenoxy) is 1. The maximum absolute atomic E-state index is 13.5. The van der Waals surface area contributed by atoms with E-state index >= 15 is 0 Å². The van der Waals surface area contributed by atoms with Crippen molar-refractivity contribution >= 4 is 62.3 Å². The molecule has 8 heteroatoms. The summed E-state index contributed by atoms with van der Waals surface area (Å²) in [4.78, 5) is 31.8. The molecule has 1 aliphatic rings. The van der Waals surface area contributed by atoms with E-state index in [2.05, 4.69) is 5.32 Å². The molecule has 0 fully saturated rings. The summed E-state index contributed by atoms with van der Waals surface area (Å²) in [5.74, 6) is -0.749. The van der Waals surface area contributed by atoms with E-state index < -0.39 is 5.97 Å². The molecule has 0 spiro atoms. The Morgan fingerprint density at radius 2 is 1.88 bits per heavy atom. The first kappa shape index (κ1) is 21.9. The summed E-state index contributed by atoms with van der Waals surface area (Å²) in [5.41, 5.74) is 3.91. The molecule has 1 aliphatic carbocycles. The minimum Gasteiger partial charge on any atom is -0.465 e. The molecule has 2 heterocycles. The van der Waals surface area contributed by atoms with Crippen molar-refractivity contribution in [2.75, 3.05) is 12.4 Å². The van der Waals surface area contributed by atoms with Crippen LogP contribution in [0.3, 0.4) is 0 Å². The van der Waals surface area contributed by atoms with Gasteiger partial charge in [-0.2, -0.15) is 0 Å². The number of aryl methyl sites for hydroxylation is 1. The quantitative estimate of drug-likeness (QED) is 0.315. The Balaban J connectivity index is 1.59. The number of nitrogens with zero attached hydrogens (tertiary/aromatic N) is 1. The van der Waals surface area contributed by atoms with Gasteiger partial charge in [-0.3, -0.25) is 4.79 Å². The molecule has 0 atom stereocenters. The van der Waals surface area contributed by atoms with Crippen molar-refractivity contribution in [3.05, 3.63) is 80.1 Å². The third-order valence-corrected chi connectivity index (χ3v) is 7.66. The van der Waals surface area contributed by atoms with Crippen molar-refractivity contribution in [2.24, 2.45) is 0 Å². The van der Waals surface area contributed by atoms with Gasteiger partial charge in [0, 0.05) is 15.8 Å². The summed E-state index contributed by atoms with van der Waals surface area (Å²) >= 11 is 13.7. The number of esters is 1. The average Bonchev–Trinajstić information content (AvgIpc) is 3.40. The molecule has 0 aliphatic heterocycles. The van der Waals surface area contributed by atoms with Crippen molar-refractivity contribution < 1.29 is 14.3 Å². The Kier molecular flexibility index (Phi) is 5.83. The van der Waals surface area contributed by atoms with Gasteiger partial charge >= 0.3 is 5.97 Å². The van der Waals surface area contributed by atoms with Gasteiger partial charge in [-0.05, 0) is 49.1 Å². The maximum Gasteiger partial charge on any atom is 0.341 e. The number of amides is 1. The Labute approximate surface area is 204 Å². The number of halogens is 2. The van der Waals surface area contributed by atoms with E-state index in [9.17, 15) is 9.59 Å². The number of hydrogen-bond donors (Lipinski definition) is 1. The molecule has 5 rings (SSSR count). The second-order valence-corrected chi connectivity index (χ2v) is 9.63. The average molecular weight is 497 g/mol. The van der Waals surface area contributed by atoms with E-state index in [-0.39, 0.29) is 5.91 Å². The third-order valence-electron chi connectivity index (χ3n) is 5.71. The Morgan fingerprint density at radius 1 is 1.06 bits per heavy atom. The highest BCUT2D eigenvalue weighted by atomic mass is 35.5. The number of anilines is 1. The fraction of sp³-hybridized carbons (Fsp3) is 0.160. The van der Waals surface area contributed by atoms with Crippen molar-refractivity contribution in [1.82, 2.24) is 4.98 Å². The summed E-state index contributed by atoms with van der Waals surface area (Å²) in [6, 6.07) is 14.4. The van der Waals surface area contributed by atoms with Gasteiger partial charge in [-0.25, -0.2) is 9.78 Å². The zero-order valence-corrected chi connectivity index (χ0v) is 19.9. The molecule has 0 saturated carbocycles. The fourth-order valence-electron chi connectivity index (χ4n) is 4.15. The molecular formula is C25H18Cl2N2O3S. The summed E-state index contributed by atoms with van der Waals surface area (Å²) < 4.78 is 5.00. The number of hydrogen-bond acceptors (Lipinski definition) is 5. The minimum absolute atomic E-state index is 0.319. The molecule has 33 heavy (non-hydrogen) atoms. The molecule has 166 valence electrons. The predicted octanol–water partition coefficient (Wildman–Crippen LogP) is 6.80. The largest absolute Gasteiger partial charge is 0.465 e. The maximum atomic E-state index is 13.5. The summed E-state index contributed by atoms with van der Waals surface area (Å²) in [7, 11) is 1.35. The molecule has 4 aromatic rings. The molecule has 1 amide bonds. The standard InChI is InChI=1S/C25H18Cl2N2O3S/c1-32-25(31)22-15-6-4-8-21(15)33-24(22)29-23(30)16-12-20(13-9-10-17(26)18(27)11-13)28-19-7-3-2-5-14(16)19/h2-3,5,7,9-12H,4,6,8H2,1H3,(H,29,30). The number of fused-ring (bicyclic) bond motifs is 2. The van der Waals surface area contributed by atoms with E-state index in [1.165, 1.54) is 18.4 Å². The monoisotopic (exact) mass is 496 g/mol. The molecule has 0 bridgehead atoms. The van der Waals surface area contributed by atoms with E-state index in [1.807, 2.05) is 30.3 Å². The van der Waals surface area contributed by atoms with Gasteiger partial charge < -0.3 is 10.1 Å². The highest BCUT2D eigenvalue weighted by Crippen LogP contribution is 2.40. The van der Waals surface area contributed by atoms with Gasteiger partial charge in [0.1, 0.15) is 5.00 Å². The van der Waals surface area contributed by atoms with Crippen LogP contribution in [0.5, 0.6) is 0 Å². The van der Waals surface area contributed by atoms with Gasteiger partial charge in [-0.1, -0.05) is 47.5 Å². The lowest BCUT2D eigenvalue weighted by Gasteiger charge is -2.11. The van der Waals surface area contributed by atoms with Crippen LogP contribution in [0.1, 0.15) is 37.6 Å². The molecule has 5 nitrogen and oxygen atoms in total. The first-order chi connectivity index (χ1) is 16.0. The predicted molar refractivity (Wildman–Crippen MR) is 133 cm³/mol. The smallest absolute Gasteiger partial charge is 0.341 e. The molecule has 1 N–H and O–H groups in total. The number of para-hydroxylation sites is 1. The van der Waals surface area contributed by atoms with Crippen LogP contribution >= 0.6 is 34.5 Å². The Morgan fingerprint density at radius 3 is 2.67 bits per heavy atom. The van der Waals surface area contributed by atoms with E-state index in [0.717, 1.165) is 35.3 Å². The number of thiophene rings is 1. The number of aromatic nitrogens is 1. The lowest BCUT2D eigenvalue weighted by molar-refractivity contribution is 0.0601. The number of nitrogens with one attached hydrogen (secondary N) is 1. The zero-order valence-electron chi connectivity index (χ0n) is 17.6. The first-order valence-corrected chi connectivity index (χ1v) is 11.9. The number of pyridine rings is 1. The van der Waals surface area contributed by atoms with Crippen molar-refractivity contribution in [1.29, 1.82) is 0 Å². The molecule has 0 unspecified atom stereocenters. The second-order valence-electron chi connectivity index (χ2n) is 7.71. The van der Waals surface area contributed by atoms with Crippen LogP contribution in [-0.4, -0.2) is 24.0 Å². The fourth-order valence-corrected chi connectivity index (χ4v) is 5.72. The Bertz CT molecular complexity index is 1430. The van der Waals surface area contributed by atoms with Crippen molar-refractivity contribution in [3.63, 3.8) is 0 Å². The summed E-state index contributed by atoms with van der Waals surface area (Å²) in [5, 5.41) is 5.05. The molecule has 2 aromatic heterocycles. The topological polar surface area (TPSA) is 68.3 Å². The van der Waals surface area contributed by atoms with Crippen LogP contribution in [0.4, 0.5) is 5.00 Å². The van der Waals surface area contributed by atoms with Crippen LogP contribution in [0, 0.1) is 0 Å². The minimum atomic E-state index is -0.430. The van der Waals surface area contributed by atoms with Crippen molar-refractivity contribution in [2.45, 2.75) is 19.3 Å². The summed E-state index contributed by atoms with van der Waals surface area (Å²) in [6.07, 6.45) is 2.71. The molecular weight excluding hydrogens is 479 g/mol. The lowest BCUT2D eigenvalue weighted by atomic mass is 10.0. The molecule has 0 radical (unpaired) electrons. The second kappa shape index (κ2) is 8.78. The van der Waals surface area contributed by atoms with Gasteiger partial charge in [0.15, 0.2) is 0 Å². The lowest BCUT2D eigenvalue weighted by Crippen LogP contribution is -2.15. The first-order valence-electron chi connectivity index (χ1n) is 10.4. The van der Waals surface area contributed by atoms with Crippen LogP contribution in [-0.2, 0) is 17.6 Å². The van der Waals surface area contributed by atoms with Gasteiger partial charge in [-0.15, -0.1) is 11.3 Å². The van der Waals surface area contributed by atoms with Crippen LogP contribution < -0.4 is 5.32 Å². The number of methoxy groups -OCH3 is 1. The number of benzene rings is 2. The van der Waals surface area contributed by atoms with Gasteiger partial charge in [0.25, 0.3) is 5.91 Å². The van der Waals surface area contributed by atoms with E-state index in [4.69, 9.17) is 32.9 Å². The van der Waals surface area contributed by atoms with Crippen LogP contribution in [0.25, 0.3) is 22.2 Å². The third kappa shape index (κ3) is 3.99. The van der Waals surface area contributed by atoms with E-state index in [0.29, 0.717) is 42.8 Å².